The highest BCUT2D eigenvalue weighted by molar-refractivity contribution is 5.97. The number of halogens is 1. The normalized spacial score (nSPS) is 30.2. The number of likely N-dealkylation sites (tertiary alicyclic amines) is 1. The lowest BCUT2D eigenvalue weighted by Gasteiger charge is -2.30. The first-order valence-corrected chi connectivity index (χ1v) is 12.6. The molecule has 13 heteroatoms. The van der Waals surface area contributed by atoms with Crippen LogP contribution in [-0.2, 0) is 36.9 Å². The maximum atomic E-state index is 14.1. The molecule has 5 rings (SSSR count). The van der Waals surface area contributed by atoms with Crippen molar-refractivity contribution < 1.29 is 42.9 Å². The second kappa shape index (κ2) is 9.24. The van der Waals surface area contributed by atoms with E-state index in [2.05, 4.69) is 17.2 Å². The van der Waals surface area contributed by atoms with Crippen LogP contribution in [0.5, 0.6) is 0 Å². The molecular weight excluding hydrogens is 515 g/mol. The maximum absolute atomic E-state index is 14.1. The van der Waals surface area contributed by atoms with E-state index in [9.17, 15) is 33.5 Å². The average molecular weight is 545 g/mol. The van der Waals surface area contributed by atoms with Crippen molar-refractivity contribution in [2.24, 2.45) is 5.92 Å². The van der Waals surface area contributed by atoms with E-state index in [0.29, 0.717) is 11.1 Å². The number of ether oxygens (including phenoxy) is 2. The summed E-state index contributed by atoms with van der Waals surface area (Å²) in [6.45, 7) is 6.68. The predicted molar refractivity (Wildman–Crippen MR) is 130 cm³/mol. The summed E-state index contributed by atoms with van der Waals surface area (Å²) in [5, 5.41) is 14.7. The zero-order chi connectivity index (χ0) is 28.3. The summed E-state index contributed by atoms with van der Waals surface area (Å²) in [6, 6.07) is 2.28. The molecule has 1 aromatic carbocycles. The molecular formula is C26H29FN4O8. The molecule has 0 bridgehead atoms. The number of carboxylic acid groups (broad SMARTS) is 1. The number of cyclic esters (lactones) is 1. The number of nitrogens with zero attached hydrogens (tertiary/aromatic N) is 2. The van der Waals surface area contributed by atoms with Gasteiger partial charge in [-0.05, 0) is 31.9 Å². The summed E-state index contributed by atoms with van der Waals surface area (Å²) in [7, 11) is 0. The number of carbonyl (C=O) groups excluding carboxylic acids is 4. The summed E-state index contributed by atoms with van der Waals surface area (Å²) >= 11 is 0. The molecule has 0 unspecified atom stereocenters. The molecule has 1 saturated carbocycles. The van der Waals surface area contributed by atoms with Gasteiger partial charge in [0.2, 0.25) is 11.8 Å². The highest BCUT2D eigenvalue weighted by atomic mass is 19.1. The molecule has 1 aromatic rings. The van der Waals surface area contributed by atoms with Crippen molar-refractivity contribution in [3.8, 4) is 0 Å². The lowest BCUT2D eigenvalue weighted by Crippen LogP contribution is -2.58. The van der Waals surface area contributed by atoms with Gasteiger partial charge in [-0.15, -0.1) is 6.58 Å². The van der Waals surface area contributed by atoms with Gasteiger partial charge in [0.25, 0.3) is 0 Å². The standard InChI is InChI=1S/C26H29FN4O8/c1-4-14-9-26(14,22(34)35)29-20(32)18-8-15(11-31(18)21(33)19-25(2,3)39-23(36)28-19)38-24(37)30-10-13-6-5-7-17(27)16(13)12-30/h4-7,14-15,18-19H,1,8-12H2,2-3H3,(H,28,36)(H,29,32)(H,34,35)/t14-,15-,18+,19-,26-/m1/s1. The van der Waals surface area contributed by atoms with Crippen molar-refractivity contribution in [3.05, 3.63) is 47.8 Å². The van der Waals surface area contributed by atoms with Crippen LogP contribution in [0.1, 0.15) is 37.8 Å². The van der Waals surface area contributed by atoms with Crippen LogP contribution in [0.3, 0.4) is 0 Å². The van der Waals surface area contributed by atoms with Crippen molar-refractivity contribution in [3.63, 3.8) is 0 Å². The van der Waals surface area contributed by atoms with Crippen molar-refractivity contribution in [1.29, 1.82) is 0 Å². The number of alkyl carbamates (subject to hydrolysis) is 1. The molecule has 208 valence electrons. The van der Waals surface area contributed by atoms with Gasteiger partial charge >= 0.3 is 18.2 Å². The Hall–Kier alpha value is -4.16. The highest BCUT2D eigenvalue weighted by Gasteiger charge is 2.61. The summed E-state index contributed by atoms with van der Waals surface area (Å²) in [5.41, 5.74) is -1.69. The van der Waals surface area contributed by atoms with Gasteiger partial charge in [-0.3, -0.25) is 14.5 Å². The molecule has 2 saturated heterocycles. The van der Waals surface area contributed by atoms with E-state index in [1.165, 1.54) is 21.9 Å². The number of amides is 4. The van der Waals surface area contributed by atoms with Gasteiger partial charge in [-0.25, -0.2) is 18.8 Å². The molecule has 12 nitrogen and oxygen atoms in total. The number of carbonyl (C=O) groups is 5. The first-order valence-electron chi connectivity index (χ1n) is 12.6. The Morgan fingerprint density at radius 1 is 1.28 bits per heavy atom. The largest absolute Gasteiger partial charge is 0.479 e. The maximum Gasteiger partial charge on any atom is 0.410 e. The fourth-order valence-electron chi connectivity index (χ4n) is 5.56. The van der Waals surface area contributed by atoms with Crippen LogP contribution >= 0.6 is 0 Å². The van der Waals surface area contributed by atoms with E-state index in [1.54, 1.807) is 26.0 Å². The highest BCUT2D eigenvalue weighted by Crippen LogP contribution is 2.45. The first-order chi connectivity index (χ1) is 18.4. The predicted octanol–water partition coefficient (Wildman–Crippen LogP) is 1.28. The minimum atomic E-state index is -1.53. The number of hydrogen-bond donors (Lipinski definition) is 3. The van der Waals surface area contributed by atoms with Gasteiger partial charge in [0.1, 0.15) is 29.1 Å². The number of benzene rings is 1. The molecule has 4 aliphatic rings. The SMILES string of the molecule is C=C[C@@H]1C[C@]1(NC(=O)[C@@H]1C[C@@H](OC(=O)N2Cc3cccc(F)c3C2)CN1C(=O)[C@H]1NC(=O)OC1(C)C)C(=O)O. The molecule has 4 amide bonds. The molecule has 5 atom stereocenters. The summed E-state index contributed by atoms with van der Waals surface area (Å²) in [6.07, 6.45) is -0.947. The Morgan fingerprint density at radius 2 is 2.03 bits per heavy atom. The third-order valence-electron chi connectivity index (χ3n) is 7.89. The Labute approximate surface area is 223 Å². The molecule has 3 N–H and O–H groups in total. The Morgan fingerprint density at radius 3 is 2.62 bits per heavy atom. The first kappa shape index (κ1) is 26.4. The quantitative estimate of drug-likeness (QED) is 0.453. The fourth-order valence-corrected chi connectivity index (χ4v) is 5.56. The van der Waals surface area contributed by atoms with E-state index in [-0.39, 0.29) is 32.5 Å². The second-order valence-electron chi connectivity index (χ2n) is 10.9. The molecule has 3 heterocycles. The van der Waals surface area contributed by atoms with E-state index in [4.69, 9.17) is 9.47 Å². The van der Waals surface area contributed by atoms with Gasteiger partial charge in [-0.2, -0.15) is 0 Å². The van der Waals surface area contributed by atoms with Gasteiger partial charge in [0, 0.05) is 24.4 Å². The van der Waals surface area contributed by atoms with Crippen molar-refractivity contribution in [1.82, 2.24) is 20.4 Å². The van der Waals surface area contributed by atoms with Gasteiger partial charge in [-0.1, -0.05) is 18.2 Å². The lowest BCUT2D eigenvalue weighted by molar-refractivity contribution is -0.146. The third kappa shape index (κ3) is 4.55. The second-order valence-corrected chi connectivity index (χ2v) is 10.9. The monoisotopic (exact) mass is 544 g/mol. The van der Waals surface area contributed by atoms with Crippen LogP contribution in [0.25, 0.3) is 0 Å². The van der Waals surface area contributed by atoms with E-state index >= 15 is 0 Å². The van der Waals surface area contributed by atoms with Crippen molar-refractivity contribution in [2.75, 3.05) is 6.54 Å². The lowest BCUT2D eigenvalue weighted by atomic mass is 9.98. The summed E-state index contributed by atoms with van der Waals surface area (Å²) in [5.74, 6) is -3.49. The number of rotatable bonds is 6. The molecule has 0 spiro atoms. The summed E-state index contributed by atoms with van der Waals surface area (Å²) < 4.78 is 25.0. The topological polar surface area (TPSA) is 155 Å². The zero-order valence-corrected chi connectivity index (χ0v) is 21.4. The van der Waals surface area contributed by atoms with E-state index in [0.717, 1.165) is 0 Å². The minimum Gasteiger partial charge on any atom is -0.479 e. The summed E-state index contributed by atoms with van der Waals surface area (Å²) in [4.78, 5) is 66.2. The number of carboxylic acids is 1. The Balaban J connectivity index is 1.33. The van der Waals surface area contributed by atoms with Gasteiger partial charge in [0.15, 0.2) is 6.04 Å². The van der Waals surface area contributed by atoms with Crippen molar-refractivity contribution >= 4 is 30.0 Å². The van der Waals surface area contributed by atoms with Gasteiger partial charge in [0.05, 0.1) is 13.1 Å². The van der Waals surface area contributed by atoms with E-state index < -0.39 is 71.0 Å². The van der Waals surface area contributed by atoms with Crippen LogP contribution in [0.2, 0.25) is 0 Å². The molecule has 3 aliphatic heterocycles. The number of hydrogen-bond acceptors (Lipinski definition) is 7. The Kier molecular flexibility index (Phi) is 6.27. The molecule has 1 aliphatic carbocycles. The van der Waals surface area contributed by atoms with Gasteiger partial charge < -0.3 is 30.1 Å². The molecule has 39 heavy (non-hydrogen) atoms. The minimum absolute atomic E-state index is 0.0177. The number of aliphatic carboxylic acids is 1. The molecule has 0 aromatic heterocycles. The fraction of sp³-hybridized carbons (Fsp3) is 0.500. The van der Waals surface area contributed by atoms with Crippen LogP contribution < -0.4 is 10.6 Å². The van der Waals surface area contributed by atoms with Crippen LogP contribution in [0.15, 0.2) is 30.9 Å². The Bertz CT molecular complexity index is 1280. The zero-order valence-electron chi connectivity index (χ0n) is 21.4. The molecule has 3 fully saturated rings. The van der Waals surface area contributed by atoms with Crippen LogP contribution in [0, 0.1) is 11.7 Å². The molecule has 0 radical (unpaired) electrons. The van der Waals surface area contributed by atoms with Crippen LogP contribution in [0.4, 0.5) is 14.0 Å². The average Bonchev–Trinajstić information content (AvgIpc) is 3.14. The number of fused-ring (bicyclic) bond motifs is 1. The smallest absolute Gasteiger partial charge is 0.410 e. The number of nitrogens with one attached hydrogen (secondary N) is 2. The van der Waals surface area contributed by atoms with Crippen LogP contribution in [-0.4, -0.2) is 80.7 Å². The van der Waals surface area contributed by atoms with E-state index in [1.807, 2.05) is 0 Å². The van der Waals surface area contributed by atoms with Crippen molar-refractivity contribution in [2.45, 2.75) is 69.1 Å². The third-order valence-corrected chi connectivity index (χ3v) is 7.89.